The summed E-state index contributed by atoms with van der Waals surface area (Å²) < 4.78 is 45.5. The molecule has 0 N–H and O–H groups in total. The topological polar surface area (TPSA) is 26.5 Å². The van der Waals surface area contributed by atoms with Gasteiger partial charge in [-0.25, -0.2) is 4.99 Å². The summed E-state index contributed by atoms with van der Waals surface area (Å²) in [5.74, 6) is 0.830. The molecule has 0 radical (unpaired) electrons. The Labute approximate surface area is 175 Å². The van der Waals surface area contributed by atoms with Gasteiger partial charge in [-0.15, -0.1) is 0 Å². The van der Waals surface area contributed by atoms with Gasteiger partial charge in [0.25, 0.3) is 0 Å². The third-order valence-corrected chi connectivity index (χ3v) is 4.81. The first-order valence-electron chi connectivity index (χ1n) is 9.04. The van der Waals surface area contributed by atoms with Gasteiger partial charge in [0.15, 0.2) is 0 Å². The molecule has 0 unspecified atom stereocenters. The third-order valence-electron chi connectivity index (χ3n) is 4.58. The van der Waals surface area contributed by atoms with E-state index in [2.05, 4.69) is 4.99 Å². The molecule has 1 heterocycles. The number of pyridine rings is 1. The number of fused-ring (bicyclic) bond motifs is 1. The predicted molar refractivity (Wildman–Crippen MR) is 111 cm³/mol. The number of nitrogens with zero attached hydrogens (tertiary/aromatic N) is 2. The Balaban J connectivity index is 1.59. The van der Waals surface area contributed by atoms with Crippen molar-refractivity contribution in [2.24, 2.45) is 12.0 Å². The molecule has 0 aliphatic rings. The zero-order chi connectivity index (χ0) is 21.3. The van der Waals surface area contributed by atoms with Gasteiger partial charge < -0.3 is 9.30 Å². The van der Waals surface area contributed by atoms with Gasteiger partial charge in [0.1, 0.15) is 11.5 Å². The van der Waals surface area contributed by atoms with Crippen LogP contribution in [0.5, 0.6) is 11.5 Å². The van der Waals surface area contributed by atoms with Gasteiger partial charge in [-0.3, -0.25) is 0 Å². The van der Waals surface area contributed by atoms with Crippen molar-refractivity contribution in [3.8, 4) is 11.5 Å². The zero-order valence-electron chi connectivity index (χ0n) is 15.8. The molecule has 0 aliphatic heterocycles. The molecule has 0 aliphatic carbocycles. The minimum Gasteiger partial charge on any atom is -0.457 e. The van der Waals surface area contributed by atoms with E-state index in [4.69, 9.17) is 16.3 Å². The Morgan fingerprint density at radius 2 is 1.50 bits per heavy atom. The van der Waals surface area contributed by atoms with Crippen molar-refractivity contribution in [3.05, 3.63) is 94.9 Å². The molecular formula is C23H16ClF3N2O. The number of aryl methyl sites for hydroxylation is 1. The third kappa shape index (κ3) is 4.33. The maximum atomic E-state index is 12.7. The molecule has 0 saturated carbocycles. The van der Waals surface area contributed by atoms with Crippen LogP contribution in [0.2, 0.25) is 5.02 Å². The minimum absolute atomic E-state index is 0.325. The lowest BCUT2D eigenvalue weighted by atomic mass is 10.2. The first-order chi connectivity index (χ1) is 14.3. The van der Waals surface area contributed by atoms with Gasteiger partial charge in [0, 0.05) is 23.7 Å². The second kappa shape index (κ2) is 7.88. The standard InChI is InChI=1S/C23H16ClF3N2O/c1-29-13-12-21(20-11-4-16(24)14-22(20)29)28-17-5-9-19(10-6-17)30-18-7-2-15(3-8-18)23(25,26)27/h2-14H,1H3. The van der Waals surface area contributed by atoms with Crippen LogP contribution in [0.15, 0.2) is 84.0 Å². The van der Waals surface area contributed by atoms with Gasteiger partial charge >= 0.3 is 6.18 Å². The summed E-state index contributed by atoms with van der Waals surface area (Å²) in [6.45, 7) is 0. The van der Waals surface area contributed by atoms with Crippen LogP contribution in [0.25, 0.3) is 10.9 Å². The van der Waals surface area contributed by atoms with Crippen LogP contribution in [-0.2, 0) is 13.2 Å². The first-order valence-corrected chi connectivity index (χ1v) is 9.42. The quantitative estimate of drug-likeness (QED) is 0.349. The van der Waals surface area contributed by atoms with E-state index in [0.717, 1.165) is 34.1 Å². The molecule has 0 atom stereocenters. The number of alkyl halides is 3. The number of hydrogen-bond acceptors (Lipinski definition) is 2. The summed E-state index contributed by atoms with van der Waals surface area (Å²) in [7, 11) is 1.94. The SMILES string of the molecule is Cn1ccc(=Nc2ccc(Oc3ccc(C(F)(F)F)cc3)cc2)c2ccc(Cl)cc21. The number of ether oxygens (including phenoxy) is 1. The molecule has 0 fully saturated rings. The lowest BCUT2D eigenvalue weighted by molar-refractivity contribution is -0.137. The van der Waals surface area contributed by atoms with Gasteiger partial charge in [0.2, 0.25) is 0 Å². The van der Waals surface area contributed by atoms with Crippen LogP contribution < -0.4 is 10.1 Å². The Bertz CT molecular complexity index is 1260. The van der Waals surface area contributed by atoms with Crippen LogP contribution in [0.1, 0.15) is 5.56 Å². The monoisotopic (exact) mass is 428 g/mol. The summed E-state index contributed by atoms with van der Waals surface area (Å²) in [6, 6.07) is 19.1. The first kappa shape index (κ1) is 20.0. The maximum absolute atomic E-state index is 12.7. The molecule has 3 aromatic carbocycles. The zero-order valence-corrected chi connectivity index (χ0v) is 16.6. The molecule has 0 bridgehead atoms. The van der Waals surface area contributed by atoms with Gasteiger partial charge in [-0.2, -0.15) is 13.2 Å². The summed E-state index contributed by atoms with van der Waals surface area (Å²) in [6.07, 6.45) is -2.45. The molecule has 0 saturated heterocycles. The highest BCUT2D eigenvalue weighted by Gasteiger charge is 2.30. The Morgan fingerprint density at radius 1 is 0.867 bits per heavy atom. The smallest absolute Gasteiger partial charge is 0.416 e. The maximum Gasteiger partial charge on any atom is 0.416 e. The number of halogens is 4. The van der Waals surface area contributed by atoms with E-state index in [0.29, 0.717) is 16.5 Å². The highest BCUT2D eigenvalue weighted by molar-refractivity contribution is 6.31. The van der Waals surface area contributed by atoms with Crippen LogP contribution in [0.3, 0.4) is 0 Å². The normalized spacial score (nSPS) is 12.4. The molecule has 4 aromatic rings. The summed E-state index contributed by atoms with van der Waals surface area (Å²) >= 11 is 6.10. The van der Waals surface area contributed by atoms with Crippen molar-refractivity contribution in [3.63, 3.8) is 0 Å². The number of rotatable bonds is 3. The van der Waals surface area contributed by atoms with E-state index in [9.17, 15) is 13.2 Å². The van der Waals surface area contributed by atoms with Crippen molar-refractivity contribution in [1.82, 2.24) is 4.57 Å². The van der Waals surface area contributed by atoms with Crippen LogP contribution in [-0.4, -0.2) is 4.57 Å². The minimum atomic E-state index is -4.37. The fourth-order valence-corrected chi connectivity index (χ4v) is 3.21. The van der Waals surface area contributed by atoms with E-state index in [-0.39, 0.29) is 0 Å². The molecule has 0 amide bonds. The van der Waals surface area contributed by atoms with Gasteiger partial charge in [0.05, 0.1) is 22.1 Å². The van der Waals surface area contributed by atoms with Crippen LogP contribution in [0, 0.1) is 0 Å². The largest absolute Gasteiger partial charge is 0.457 e. The van der Waals surface area contributed by atoms with Crippen molar-refractivity contribution in [1.29, 1.82) is 0 Å². The number of benzene rings is 3. The van der Waals surface area contributed by atoms with Crippen molar-refractivity contribution in [2.75, 3.05) is 0 Å². The fraction of sp³-hybridized carbons (Fsp3) is 0.0870. The Kier molecular flexibility index (Phi) is 5.26. The molecular weight excluding hydrogens is 413 g/mol. The van der Waals surface area contributed by atoms with Crippen LogP contribution in [0.4, 0.5) is 18.9 Å². The van der Waals surface area contributed by atoms with Gasteiger partial charge in [-0.05, 0) is 72.8 Å². The van der Waals surface area contributed by atoms with Crippen molar-refractivity contribution >= 4 is 28.2 Å². The molecule has 30 heavy (non-hydrogen) atoms. The second-order valence-corrected chi connectivity index (χ2v) is 7.14. The van der Waals surface area contributed by atoms with E-state index in [1.165, 1.54) is 12.1 Å². The number of hydrogen-bond donors (Lipinski definition) is 0. The molecule has 0 spiro atoms. The molecule has 4 rings (SSSR count). The summed E-state index contributed by atoms with van der Waals surface area (Å²) in [5, 5.41) is 2.42. The van der Waals surface area contributed by atoms with E-state index >= 15 is 0 Å². The molecule has 152 valence electrons. The predicted octanol–water partition coefficient (Wildman–Crippen LogP) is 6.88. The fourth-order valence-electron chi connectivity index (χ4n) is 3.04. The Hall–Kier alpha value is -3.25. The Morgan fingerprint density at radius 3 is 2.13 bits per heavy atom. The van der Waals surface area contributed by atoms with Gasteiger partial charge in [-0.1, -0.05) is 11.6 Å². The second-order valence-electron chi connectivity index (χ2n) is 6.70. The van der Waals surface area contributed by atoms with Crippen molar-refractivity contribution < 1.29 is 17.9 Å². The average molecular weight is 429 g/mol. The number of aromatic nitrogens is 1. The van der Waals surface area contributed by atoms with E-state index < -0.39 is 11.7 Å². The summed E-state index contributed by atoms with van der Waals surface area (Å²) in [4.78, 5) is 4.69. The highest BCUT2D eigenvalue weighted by Crippen LogP contribution is 2.31. The molecule has 7 heteroatoms. The molecule has 1 aromatic heterocycles. The van der Waals surface area contributed by atoms with Crippen molar-refractivity contribution in [2.45, 2.75) is 6.18 Å². The lowest BCUT2D eigenvalue weighted by Crippen LogP contribution is -2.06. The average Bonchev–Trinajstić information content (AvgIpc) is 2.71. The summed E-state index contributed by atoms with van der Waals surface area (Å²) in [5.41, 5.74) is 0.972. The van der Waals surface area contributed by atoms with Crippen LogP contribution >= 0.6 is 11.6 Å². The molecule has 3 nitrogen and oxygen atoms in total. The van der Waals surface area contributed by atoms with E-state index in [1.807, 2.05) is 42.1 Å². The highest BCUT2D eigenvalue weighted by atomic mass is 35.5. The van der Waals surface area contributed by atoms with E-state index in [1.54, 1.807) is 24.3 Å². The lowest BCUT2D eigenvalue weighted by Gasteiger charge is -2.09.